The Morgan fingerprint density at radius 1 is 0.797 bits per heavy atom. The summed E-state index contributed by atoms with van der Waals surface area (Å²) in [5.41, 5.74) is 1.25. The van der Waals surface area contributed by atoms with Crippen LogP contribution in [0.2, 0.25) is 0 Å². The zero-order valence-corrected chi connectivity index (χ0v) is 32.3. The Morgan fingerprint density at radius 3 is 1.85 bits per heavy atom. The van der Waals surface area contributed by atoms with Crippen LogP contribution in [0.3, 0.4) is 0 Å². The molecule has 23 heteroatoms. The van der Waals surface area contributed by atoms with E-state index < -0.39 is 120 Å². The third-order valence-electron chi connectivity index (χ3n) is 8.65. The monoisotopic (exact) mass is 873 g/mol. The molecule has 2 aliphatic rings. The van der Waals surface area contributed by atoms with Crippen molar-refractivity contribution >= 4 is 20.1 Å². The number of rotatable bonds is 20. The first kappa shape index (κ1) is 47.6. The van der Waals surface area contributed by atoms with Crippen LogP contribution in [0.15, 0.2) is 60.7 Å². The Hall–Kier alpha value is -4.04. The van der Waals surface area contributed by atoms with E-state index in [4.69, 9.17) is 53.3 Å². The van der Waals surface area contributed by atoms with Crippen molar-refractivity contribution in [1.82, 2.24) is 0 Å². The highest BCUT2D eigenvalue weighted by Crippen LogP contribution is 2.53. The average molecular weight is 874 g/mol. The average Bonchev–Trinajstić information content (AvgIpc) is 3.64. The molecule has 2 aromatic rings. The molecule has 2 fully saturated rings. The minimum atomic E-state index is -5.67. The number of phosphoric ester groups is 1. The van der Waals surface area contributed by atoms with Crippen LogP contribution in [-0.4, -0.2) is 118 Å². The first-order valence-electron chi connectivity index (χ1n) is 17.8. The SMILES string of the molecule is [C-]#[N+]CCOP(=O)(OC[C@H]1O[C@@H](C)[C@@H](OC(=O)OCc2ccccc2)C1OC(=O)OCc1ccccc1)OC1[C@@H](CO)O[C@@H](C)[C@H]1OCOCC(C(F)(F)F)C(F)(F)F. The van der Waals surface area contributed by atoms with Crippen LogP contribution in [0.4, 0.5) is 35.9 Å². The van der Waals surface area contributed by atoms with Crippen molar-refractivity contribution in [1.29, 1.82) is 0 Å². The number of halogens is 6. The molecule has 3 unspecified atom stereocenters. The zero-order valence-electron chi connectivity index (χ0n) is 31.5. The number of hydrogen-bond acceptors (Lipinski definition) is 15. The maximum atomic E-state index is 14.2. The third-order valence-corrected chi connectivity index (χ3v) is 10.1. The van der Waals surface area contributed by atoms with Gasteiger partial charge in [0, 0.05) is 0 Å². The lowest BCUT2D eigenvalue weighted by atomic mass is 10.1. The molecule has 2 heterocycles. The maximum Gasteiger partial charge on any atom is 0.509 e. The number of hydrogen-bond donors (Lipinski definition) is 1. The van der Waals surface area contributed by atoms with Gasteiger partial charge in [0.1, 0.15) is 51.0 Å². The molecule has 0 spiro atoms. The molecule has 2 aliphatic heterocycles. The van der Waals surface area contributed by atoms with E-state index in [-0.39, 0.29) is 19.8 Å². The van der Waals surface area contributed by atoms with Gasteiger partial charge >= 0.3 is 32.5 Å². The smallest absolute Gasteiger partial charge is 0.429 e. The molecule has 0 aromatic heterocycles. The number of nitrogens with zero attached hydrogens (tertiary/aromatic N) is 1. The van der Waals surface area contributed by atoms with Gasteiger partial charge < -0.3 is 47.8 Å². The van der Waals surface area contributed by atoms with E-state index in [1.54, 1.807) is 60.7 Å². The molecule has 328 valence electrons. The van der Waals surface area contributed by atoms with Gasteiger partial charge in [-0.25, -0.2) is 20.7 Å². The molecular formula is C36H42F6NO15P. The zero-order chi connectivity index (χ0) is 43.2. The fourth-order valence-electron chi connectivity index (χ4n) is 5.76. The number of carbonyl (C=O) groups excluding carboxylic acids is 2. The minimum absolute atomic E-state index is 0.169. The van der Waals surface area contributed by atoms with Gasteiger partial charge in [-0.3, -0.25) is 13.6 Å². The van der Waals surface area contributed by atoms with E-state index in [1.807, 2.05) is 0 Å². The lowest BCUT2D eigenvalue weighted by Gasteiger charge is -2.28. The number of alkyl halides is 6. The highest BCUT2D eigenvalue weighted by Gasteiger charge is 2.57. The normalized spacial score (nSPS) is 25.6. The van der Waals surface area contributed by atoms with E-state index in [9.17, 15) is 45.6 Å². The first-order valence-corrected chi connectivity index (χ1v) is 19.3. The maximum absolute atomic E-state index is 14.2. The lowest BCUT2D eigenvalue weighted by molar-refractivity contribution is -0.299. The summed E-state index contributed by atoms with van der Waals surface area (Å²) in [6.07, 6.45) is -24.5. The lowest BCUT2D eigenvalue weighted by Crippen LogP contribution is -2.42. The van der Waals surface area contributed by atoms with Crippen LogP contribution in [-0.2, 0) is 69.2 Å². The Bertz CT molecular complexity index is 1690. The topological polar surface area (TPSA) is 177 Å². The van der Waals surface area contributed by atoms with Crippen LogP contribution in [0.1, 0.15) is 25.0 Å². The van der Waals surface area contributed by atoms with Gasteiger partial charge in [-0.05, 0) is 25.0 Å². The van der Waals surface area contributed by atoms with Crippen LogP contribution in [0, 0.1) is 12.5 Å². The Balaban J connectivity index is 1.49. The molecule has 9 atom stereocenters. The van der Waals surface area contributed by atoms with Crippen molar-refractivity contribution in [2.24, 2.45) is 5.92 Å². The van der Waals surface area contributed by atoms with Gasteiger partial charge in [0.15, 0.2) is 18.1 Å². The van der Waals surface area contributed by atoms with Crippen molar-refractivity contribution in [3.63, 3.8) is 0 Å². The van der Waals surface area contributed by atoms with Gasteiger partial charge in [-0.15, -0.1) is 0 Å². The Labute approximate surface area is 334 Å². The largest absolute Gasteiger partial charge is 0.509 e. The number of aliphatic hydroxyl groups is 1. The van der Waals surface area contributed by atoms with E-state index in [0.717, 1.165) is 0 Å². The summed E-state index contributed by atoms with van der Waals surface area (Å²) in [7, 11) is -4.93. The highest BCUT2D eigenvalue weighted by atomic mass is 31.2. The highest BCUT2D eigenvalue weighted by molar-refractivity contribution is 7.48. The summed E-state index contributed by atoms with van der Waals surface area (Å²) in [5, 5.41) is 9.99. The molecule has 2 aromatic carbocycles. The van der Waals surface area contributed by atoms with Gasteiger partial charge in [0.25, 0.3) is 0 Å². The number of carbonyl (C=O) groups is 2. The van der Waals surface area contributed by atoms with Gasteiger partial charge in [0.05, 0.1) is 32.0 Å². The predicted octanol–water partition coefficient (Wildman–Crippen LogP) is 6.54. The summed E-state index contributed by atoms with van der Waals surface area (Å²) in [4.78, 5) is 28.8. The van der Waals surface area contributed by atoms with E-state index in [0.29, 0.717) is 11.1 Å². The fraction of sp³-hybridized carbons (Fsp3) is 0.583. The molecule has 0 saturated carbocycles. The second-order valence-corrected chi connectivity index (χ2v) is 14.6. The Morgan fingerprint density at radius 2 is 1.32 bits per heavy atom. The van der Waals surface area contributed by atoms with E-state index >= 15 is 0 Å². The predicted molar refractivity (Wildman–Crippen MR) is 186 cm³/mol. The molecule has 0 amide bonds. The van der Waals surface area contributed by atoms with Crippen molar-refractivity contribution in [2.45, 2.75) is 88.2 Å². The van der Waals surface area contributed by atoms with E-state index in [1.165, 1.54) is 13.8 Å². The molecular weight excluding hydrogens is 831 g/mol. The molecule has 2 saturated heterocycles. The van der Waals surface area contributed by atoms with Crippen molar-refractivity contribution in [3.8, 4) is 0 Å². The number of aliphatic hydroxyl groups excluding tert-OH is 1. The van der Waals surface area contributed by atoms with Crippen LogP contribution < -0.4 is 0 Å². The molecule has 0 aliphatic carbocycles. The second kappa shape index (κ2) is 22.0. The van der Waals surface area contributed by atoms with Crippen LogP contribution in [0.25, 0.3) is 4.85 Å². The Kier molecular flexibility index (Phi) is 17.8. The molecule has 59 heavy (non-hydrogen) atoms. The summed E-state index contributed by atoms with van der Waals surface area (Å²) < 4.78 is 151. The minimum Gasteiger partial charge on any atom is -0.429 e. The molecule has 0 radical (unpaired) electrons. The standard InChI is InChI=1S/C36H42F6NO15P/c1-22-29(51-21-48-20-28(35(37,38)39)36(40,41)42)32(26(16-44)54-22)58-59(47,52-15-14-43-3)53-19-27-31(57-34(46)50-18-25-12-8-5-9-13-25)30(23(2)55-27)56-33(45)49-17-24-10-6-4-7-11-24/h4-13,22-23,26-32,44H,14-21H2,1-2H3/t22-,23-,26+,27+,29+,30+,31?,32?,59?/m0/s1. The van der Waals surface area contributed by atoms with Gasteiger partial charge in [-0.2, -0.15) is 26.3 Å². The van der Waals surface area contributed by atoms with Crippen LogP contribution in [0.5, 0.6) is 0 Å². The molecule has 0 bridgehead atoms. The molecule has 4 rings (SSSR count). The van der Waals surface area contributed by atoms with Gasteiger partial charge in [0.2, 0.25) is 6.54 Å². The first-order chi connectivity index (χ1) is 27.9. The summed E-state index contributed by atoms with van der Waals surface area (Å²) in [6, 6.07) is 17.2. The van der Waals surface area contributed by atoms with Crippen molar-refractivity contribution in [2.75, 3.05) is 39.8 Å². The summed E-state index contributed by atoms with van der Waals surface area (Å²) >= 11 is 0. The van der Waals surface area contributed by atoms with Crippen molar-refractivity contribution < 1.29 is 97.1 Å². The summed E-state index contributed by atoms with van der Waals surface area (Å²) in [6.45, 7) is 4.01. The molecule has 1 N–H and O–H groups in total. The van der Waals surface area contributed by atoms with E-state index in [2.05, 4.69) is 9.58 Å². The number of ether oxygens (including phenoxy) is 8. The number of benzene rings is 2. The van der Waals surface area contributed by atoms with Gasteiger partial charge in [-0.1, -0.05) is 60.7 Å². The van der Waals surface area contributed by atoms with Crippen molar-refractivity contribution in [3.05, 3.63) is 83.2 Å². The quantitative estimate of drug-likeness (QED) is 0.0379. The number of phosphoric acid groups is 1. The summed E-state index contributed by atoms with van der Waals surface area (Å²) in [5.74, 6) is -3.82. The molecule has 16 nitrogen and oxygen atoms in total. The fourth-order valence-corrected chi connectivity index (χ4v) is 7.15. The van der Waals surface area contributed by atoms with Crippen LogP contribution >= 0.6 is 7.82 Å². The third kappa shape index (κ3) is 14.6. The second-order valence-electron chi connectivity index (χ2n) is 12.9.